The molecule has 5 atom stereocenters. The minimum Gasteiger partial charge on any atom is -0.386 e. The molecule has 31 heavy (non-hydrogen) atoms. The van der Waals surface area contributed by atoms with E-state index in [4.69, 9.17) is 4.74 Å². The summed E-state index contributed by atoms with van der Waals surface area (Å²) < 4.78 is 5.75. The van der Waals surface area contributed by atoms with E-state index < -0.39 is 18.1 Å². The highest BCUT2D eigenvalue weighted by atomic mass is 16.5. The Labute approximate surface area is 187 Å². The predicted octanol–water partition coefficient (Wildman–Crippen LogP) is 3.84. The van der Waals surface area contributed by atoms with E-state index in [-0.39, 0.29) is 24.0 Å². The van der Waals surface area contributed by atoms with Crippen LogP contribution in [0.15, 0.2) is 30.3 Å². The number of carbonyl (C=O) groups is 2. The summed E-state index contributed by atoms with van der Waals surface area (Å²) in [5.41, 5.74) is 0.766. The second kappa shape index (κ2) is 12.8. The lowest BCUT2D eigenvalue weighted by molar-refractivity contribution is -0.140. The van der Waals surface area contributed by atoms with Crippen LogP contribution in [0.2, 0.25) is 0 Å². The first-order valence-corrected chi connectivity index (χ1v) is 11.8. The lowest BCUT2D eigenvalue weighted by Gasteiger charge is -2.34. The number of rotatable bonds is 12. The van der Waals surface area contributed by atoms with Crippen molar-refractivity contribution in [1.29, 1.82) is 0 Å². The zero-order valence-corrected chi connectivity index (χ0v) is 19.5. The summed E-state index contributed by atoms with van der Waals surface area (Å²) in [6.45, 7) is 6.53. The Morgan fingerprint density at radius 3 is 2.55 bits per heavy atom. The summed E-state index contributed by atoms with van der Waals surface area (Å²) in [4.78, 5) is 27.7. The van der Waals surface area contributed by atoms with Crippen molar-refractivity contribution in [2.24, 2.45) is 5.92 Å². The van der Waals surface area contributed by atoms with Crippen molar-refractivity contribution < 1.29 is 19.4 Å². The van der Waals surface area contributed by atoms with Gasteiger partial charge < -0.3 is 20.1 Å². The number of aliphatic hydroxyl groups is 1. The monoisotopic (exact) mass is 432 g/mol. The molecule has 6 nitrogen and oxygen atoms in total. The van der Waals surface area contributed by atoms with Gasteiger partial charge in [-0.05, 0) is 31.7 Å². The van der Waals surface area contributed by atoms with Crippen molar-refractivity contribution in [3.63, 3.8) is 0 Å². The van der Waals surface area contributed by atoms with E-state index in [1.807, 2.05) is 42.2 Å². The number of benzene rings is 1. The standard InChI is InChI=1S/C25H40N2O4/c1-5-6-7-11-16-22(28)27-17-12-15-21(27)24(31-4)18(2)25(30)26-19(3)23(29)20-13-9-8-10-14-20/h8-10,13-14,18-19,21,23-24,29H,5-7,11-12,15-17H2,1-4H3,(H,26,30). The Kier molecular flexibility index (Phi) is 10.5. The molecule has 0 aromatic heterocycles. The van der Waals surface area contributed by atoms with Crippen molar-refractivity contribution in [2.45, 2.75) is 90.0 Å². The van der Waals surface area contributed by atoms with E-state index in [2.05, 4.69) is 12.2 Å². The van der Waals surface area contributed by atoms with Crippen LogP contribution in [0.5, 0.6) is 0 Å². The Balaban J connectivity index is 1.96. The van der Waals surface area contributed by atoms with E-state index in [0.717, 1.165) is 50.6 Å². The molecule has 1 aliphatic heterocycles. The van der Waals surface area contributed by atoms with Crippen LogP contribution in [-0.4, -0.2) is 53.7 Å². The summed E-state index contributed by atoms with van der Waals surface area (Å²) in [7, 11) is 1.61. The minimum absolute atomic E-state index is 0.0845. The van der Waals surface area contributed by atoms with Gasteiger partial charge >= 0.3 is 0 Å². The molecule has 6 heteroatoms. The van der Waals surface area contributed by atoms with Crippen LogP contribution in [0.1, 0.15) is 77.4 Å². The third-order valence-electron chi connectivity index (χ3n) is 6.41. The average Bonchev–Trinajstić information content (AvgIpc) is 3.26. The Hall–Kier alpha value is -1.92. The largest absolute Gasteiger partial charge is 0.386 e. The first kappa shape index (κ1) is 25.3. The first-order chi connectivity index (χ1) is 14.9. The topological polar surface area (TPSA) is 78.9 Å². The van der Waals surface area contributed by atoms with Gasteiger partial charge in [-0.1, -0.05) is 63.4 Å². The number of hydrogen-bond donors (Lipinski definition) is 2. The molecule has 0 bridgehead atoms. The van der Waals surface area contributed by atoms with Crippen LogP contribution in [0, 0.1) is 5.92 Å². The van der Waals surface area contributed by atoms with Crippen LogP contribution >= 0.6 is 0 Å². The van der Waals surface area contributed by atoms with Gasteiger partial charge in [0.05, 0.1) is 30.2 Å². The first-order valence-electron chi connectivity index (χ1n) is 11.8. The quantitative estimate of drug-likeness (QED) is 0.492. The maximum atomic E-state index is 13.0. The molecule has 1 saturated heterocycles. The lowest BCUT2D eigenvalue weighted by Crippen LogP contribution is -2.51. The SMILES string of the molecule is CCCCCCC(=O)N1CCCC1C(OC)C(C)C(=O)NC(C)C(O)c1ccccc1. The van der Waals surface area contributed by atoms with E-state index >= 15 is 0 Å². The number of unbranched alkanes of at least 4 members (excludes halogenated alkanes) is 3. The van der Waals surface area contributed by atoms with Crippen molar-refractivity contribution >= 4 is 11.8 Å². The molecule has 1 aliphatic rings. The Bertz CT molecular complexity index is 681. The zero-order chi connectivity index (χ0) is 22.8. The van der Waals surface area contributed by atoms with Crippen molar-refractivity contribution in [3.8, 4) is 0 Å². The molecule has 1 heterocycles. The van der Waals surface area contributed by atoms with Crippen LogP contribution in [-0.2, 0) is 14.3 Å². The molecule has 174 valence electrons. The molecule has 5 unspecified atom stereocenters. The second-order valence-electron chi connectivity index (χ2n) is 8.75. The average molecular weight is 433 g/mol. The fraction of sp³-hybridized carbons (Fsp3) is 0.680. The molecule has 0 radical (unpaired) electrons. The molecule has 2 rings (SSSR count). The van der Waals surface area contributed by atoms with Gasteiger partial charge in [-0.3, -0.25) is 9.59 Å². The molecule has 2 N–H and O–H groups in total. The van der Waals surface area contributed by atoms with Gasteiger partial charge in [-0.15, -0.1) is 0 Å². The maximum absolute atomic E-state index is 13.0. The van der Waals surface area contributed by atoms with Crippen molar-refractivity contribution in [1.82, 2.24) is 10.2 Å². The summed E-state index contributed by atoms with van der Waals surface area (Å²) in [6, 6.07) is 8.79. The van der Waals surface area contributed by atoms with Crippen LogP contribution < -0.4 is 5.32 Å². The van der Waals surface area contributed by atoms with Crippen molar-refractivity contribution in [3.05, 3.63) is 35.9 Å². The highest BCUT2D eigenvalue weighted by Gasteiger charge is 2.39. The van der Waals surface area contributed by atoms with Gasteiger partial charge in [0.2, 0.25) is 11.8 Å². The summed E-state index contributed by atoms with van der Waals surface area (Å²) in [5, 5.41) is 13.5. The summed E-state index contributed by atoms with van der Waals surface area (Å²) >= 11 is 0. The van der Waals surface area contributed by atoms with E-state index in [1.165, 1.54) is 0 Å². The number of likely N-dealkylation sites (tertiary alicyclic amines) is 1. The number of nitrogens with zero attached hydrogens (tertiary/aromatic N) is 1. The fourth-order valence-electron chi connectivity index (χ4n) is 4.51. The number of carbonyl (C=O) groups excluding carboxylic acids is 2. The minimum atomic E-state index is -0.786. The van der Waals surface area contributed by atoms with Crippen LogP contribution in [0.3, 0.4) is 0 Å². The molecular weight excluding hydrogens is 392 g/mol. The molecule has 2 amide bonds. The lowest BCUT2D eigenvalue weighted by atomic mass is 9.94. The Morgan fingerprint density at radius 2 is 1.90 bits per heavy atom. The van der Waals surface area contributed by atoms with E-state index in [9.17, 15) is 14.7 Å². The highest BCUT2D eigenvalue weighted by molar-refractivity contribution is 5.80. The number of hydrogen-bond acceptors (Lipinski definition) is 4. The molecule has 0 spiro atoms. The summed E-state index contributed by atoms with van der Waals surface area (Å²) in [6.07, 6.45) is 5.48. The van der Waals surface area contributed by atoms with E-state index in [1.54, 1.807) is 14.0 Å². The normalized spacial score (nSPS) is 20.2. The second-order valence-corrected chi connectivity index (χ2v) is 8.75. The molecule has 1 fully saturated rings. The van der Waals surface area contributed by atoms with Gasteiger partial charge in [-0.25, -0.2) is 0 Å². The number of ether oxygens (including phenoxy) is 1. The molecule has 1 aromatic carbocycles. The molecule has 1 aromatic rings. The van der Waals surface area contributed by atoms with Gasteiger partial charge in [0, 0.05) is 20.1 Å². The number of methoxy groups -OCH3 is 1. The summed E-state index contributed by atoms with van der Waals surface area (Å²) in [5.74, 6) is -0.438. The van der Waals surface area contributed by atoms with Gasteiger partial charge in [0.25, 0.3) is 0 Å². The predicted molar refractivity (Wildman–Crippen MR) is 122 cm³/mol. The highest BCUT2D eigenvalue weighted by Crippen LogP contribution is 2.28. The molecular formula is C25H40N2O4. The van der Waals surface area contributed by atoms with Gasteiger partial charge in [0.1, 0.15) is 0 Å². The fourth-order valence-corrected chi connectivity index (χ4v) is 4.51. The molecule has 0 saturated carbocycles. The number of amides is 2. The van der Waals surface area contributed by atoms with Gasteiger partial charge in [0.15, 0.2) is 0 Å². The van der Waals surface area contributed by atoms with Crippen molar-refractivity contribution in [2.75, 3.05) is 13.7 Å². The maximum Gasteiger partial charge on any atom is 0.225 e. The van der Waals surface area contributed by atoms with Crippen LogP contribution in [0.4, 0.5) is 0 Å². The molecule has 0 aliphatic carbocycles. The number of aliphatic hydroxyl groups excluding tert-OH is 1. The third kappa shape index (κ3) is 7.04. The third-order valence-corrected chi connectivity index (χ3v) is 6.41. The zero-order valence-electron chi connectivity index (χ0n) is 19.5. The van der Waals surface area contributed by atoms with Crippen LogP contribution in [0.25, 0.3) is 0 Å². The Morgan fingerprint density at radius 1 is 1.19 bits per heavy atom. The van der Waals surface area contributed by atoms with Gasteiger partial charge in [-0.2, -0.15) is 0 Å². The smallest absolute Gasteiger partial charge is 0.225 e. The van der Waals surface area contributed by atoms with E-state index in [0.29, 0.717) is 6.42 Å². The number of nitrogens with one attached hydrogen (secondary N) is 1.